The third-order valence-corrected chi connectivity index (χ3v) is 4.04. The van der Waals surface area contributed by atoms with Crippen LogP contribution in [-0.2, 0) is 6.54 Å². The van der Waals surface area contributed by atoms with Crippen LogP contribution in [-0.4, -0.2) is 40.6 Å². The Labute approximate surface area is 124 Å². The van der Waals surface area contributed by atoms with Crippen LogP contribution in [0.2, 0.25) is 0 Å². The van der Waals surface area contributed by atoms with Gasteiger partial charge < -0.3 is 16.0 Å². The van der Waals surface area contributed by atoms with Crippen LogP contribution in [0, 0.1) is 0 Å². The van der Waals surface area contributed by atoms with Crippen LogP contribution in [0.4, 0.5) is 11.5 Å². The van der Waals surface area contributed by atoms with Crippen molar-refractivity contribution >= 4 is 11.5 Å². The zero-order valence-electron chi connectivity index (χ0n) is 12.8. The predicted molar refractivity (Wildman–Crippen MR) is 84.8 cm³/mol. The third-order valence-electron chi connectivity index (χ3n) is 4.04. The fraction of sp³-hybridized carbons (Fsp3) is 0.714. The van der Waals surface area contributed by atoms with E-state index in [1.807, 2.05) is 6.92 Å². The molecule has 1 aromatic rings. The van der Waals surface area contributed by atoms with Gasteiger partial charge in [-0.2, -0.15) is 0 Å². The second kappa shape index (κ2) is 6.80. The quantitative estimate of drug-likeness (QED) is 0.732. The van der Waals surface area contributed by atoms with Gasteiger partial charge in [-0.3, -0.25) is 14.3 Å². The first-order valence-electron chi connectivity index (χ1n) is 7.60. The molecule has 7 heteroatoms. The number of nitrogens with one attached hydrogen (secondary N) is 2. The molecule has 0 saturated carbocycles. The summed E-state index contributed by atoms with van der Waals surface area (Å²) in [5.74, 6) is 0.246. The summed E-state index contributed by atoms with van der Waals surface area (Å²) in [6, 6.07) is 0.224. The Morgan fingerprint density at radius 3 is 2.62 bits per heavy atom. The summed E-state index contributed by atoms with van der Waals surface area (Å²) in [6.45, 7) is 4.56. The Morgan fingerprint density at radius 2 is 2.00 bits per heavy atom. The van der Waals surface area contributed by atoms with E-state index in [1.54, 1.807) is 0 Å². The van der Waals surface area contributed by atoms with Crippen molar-refractivity contribution in [1.82, 2.24) is 14.5 Å². The maximum absolute atomic E-state index is 12.0. The molecule has 1 saturated heterocycles. The average molecular weight is 295 g/mol. The van der Waals surface area contributed by atoms with Gasteiger partial charge in [0.05, 0.1) is 0 Å². The molecule has 1 aliphatic heterocycles. The molecule has 0 aliphatic carbocycles. The minimum Gasteiger partial charge on any atom is -0.383 e. The van der Waals surface area contributed by atoms with Crippen molar-refractivity contribution in [2.75, 3.05) is 31.2 Å². The van der Waals surface area contributed by atoms with Gasteiger partial charge in [-0.25, -0.2) is 4.79 Å². The number of hydrogen-bond donors (Lipinski definition) is 3. The second-order valence-corrected chi connectivity index (χ2v) is 5.75. The van der Waals surface area contributed by atoms with E-state index >= 15 is 0 Å². The fourth-order valence-electron chi connectivity index (χ4n) is 2.62. The largest absolute Gasteiger partial charge is 0.383 e. The number of nitrogens with zero attached hydrogens (tertiary/aromatic N) is 2. The van der Waals surface area contributed by atoms with E-state index in [2.05, 4.69) is 22.2 Å². The summed E-state index contributed by atoms with van der Waals surface area (Å²) < 4.78 is 1.45. The molecular formula is C14H25N5O2. The number of likely N-dealkylation sites (tertiary alicyclic amines) is 1. The van der Waals surface area contributed by atoms with Gasteiger partial charge in [0.15, 0.2) is 0 Å². The zero-order chi connectivity index (χ0) is 15.4. The Kier molecular flexibility index (Phi) is 5.06. The molecule has 2 heterocycles. The molecule has 118 valence electrons. The summed E-state index contributed by atoms with van der Waals surface area (Å²) in [6.07, 6.45) is 3.74. The van der Waals surface area contributed by atoms with Crippen molar-refractivity contribution < 1.29 is 0 Å². The van der Waals surface area contributed by atoms with Crippen molar-refractivity contribution in [2.45, 2.75) is 45.2 Å². The summed E-state index contributed by atoms with van der Waals surface area (Å²) in [7, 11) is 2.09. The highest BCUT2D eigenvalue weighted by atomic mass is 16.2. The molecule has 0 bridgehead atoms. The molecule has 1 aliphatic rings. The minimum absolute atomic E-state index is 0.224. The van der Waals surface area contributed by atoms with Crippen LogP contribution >= 0.6 is 0 Å². The van der Waals surface area contributed by atoms with Gasteiger partial charge in [0.1, 0.15) is 11.5 Å². The SMILES string of the molecule is CCCCn1c(N)c(NC2CCN(C)CC2)c(=O)[nH]c1=O. The predicted octanol–water partition coefficient (Wildman–Crippen LogP) is 0.425. The van der Waals surface area contributed by atoms with Gasteiger partial charge in [0, 0.05) is 12.6 Å². The first kappa shape index (κ1) is 15.6. The number of H-pyrrole nitrogens is 1. The van der Waals surface area contributed by atoms with Gasteiger partial charge in [0.25, 0.3) is 5.56 Å². The monoisotopic (exact) mass is 295 g/mol. The van der Waals surface area contributed by atoms with Crippen LogP contribution in [0.15, 0.2) is 9.59 Å². The van der Waals surface area contributed by atoms with E-state index < -0.39 is 11.2 Å². The van der Waals surface area contributed by atoms with Gasteiger partial charge in [0.2, 0.25) is 0 Å². The molecule has 0 unspecified atom stereocenters. The van der Waals surface area contributed by atoms with E-state index in [0.29, 0.717) is 12.2 Å². The lowest BCUT2D eigenvalue weighted by Crippen LogP contribution is -2.40. The normalized spacial score (nSPS) is 17.0. The molecule has 7 nitrogen and oxygen atoms in total. The maximum Gasteiger partial charge on any atom is 0.330 e. The highest BCUT2D eigenvalue weighted by Gasteiger charge is 2.20. The van der Waals surface area contributed by atoms with Gasteiger partial charge in [-0.1, -0.05) is 13.3 Å². The standard InChI is InChI=1S/C14H25N5O2/c1-3-4-7-19-12(15)11(13(20)17-14(19)21)16-10-5-8-18(2)9-6-10/h10,16H,3-9,15H2,1-2H3,(H,17,20,21). The first-order chi connectivity index (χ1) is 10.0. The molecule has 0 aromatic carbocycles. The van der Waals surface area contributed by atoms with Crippen molar-refractivity contribution in [3.63, 3.8) is 0 Å². The van der Waals surface area contributed by atoms with E-state index in [9.17, 15) is 9.59 Å². The van der Waals surface area contributed by atoms with Crippen molar-refractivity contribution in [3.05, 3.63) is 20.8 Å². The van der Waals surface area contributed by atoms with E-state index in [-0.39, 0.29) is 11.9 Å². The Balaban J connectivity index is 2.22. The zero-order valence-corrected chi connectivity index (χ0v) is 12.8. The number of piperidine rings is 1. The van der Waals surface area contributed by atoms with Crippen molar-refractivity contribution in [2.24, 2.45) is 0 Å². The highest BCUT2D eigenvalue weighted by molar-refractivity contribution is 5.60. The fourth-order valence-corrected chi connectivity index (χ4v) is 2.62. The molecule has 0 radical (unpaired) electrons. The van der Waals surface area contributed by atoms with Crippen molar-refractivity contribution in [3.8, 4) is 0 Å². The summed E-state index contributed by atoms with van der Waals surface area (Å²) >= 11 is 0. The van der Waals surface area contributed by atoms with Gasteiger partial charge >= 0.3 is 5.69 Å². The second-order valence-electron chi connectivity index (χ2n) is 5.75. The number of rotatable bonds is 5. The molecule has 21 heavy (non-hydrogen) atoms. The number of aromatic nitrogens is 2. The maximum atomic E-state index is 12.0. The third kappa shape index (κ3) is 3.66. The van der Waals surface area contributed by atoms with E-state index in [1.165, 1.54) is 4.57 Å². The van der Waals surface area contributed by atoms with Crippen LogP contribution in [0.5, 0.6) is 0 Å². The number of hydrogen-bond acceptors (Lipinski definition) is 5. The van der Waals surface area contributed by atoms with Crippen LogP contribution in [0.3, 0.4) is 0 Å². The molecule has 0 amide bonds. The van der Waals surface area contributed by atoms with Gasteiger partial charge in [-0.15, -0.1) is 0 Å². The molecule has 0 spiro atoms. The Hall–Kier alpha value is -1.76. The van der Waals surface area contributed by atoms with Crippen LogP contribution in [0.1, 0.15) is 32.6 Å². The number of nitrogen functional groups attached to an aromatic ring is 1. The lowest BCUT2D eigenvalue weighted by atomic mass is 10.1. The molecule has 1 aromatic heterocycles. The number of aromatic amines is 1. The number of nitrogens with two attached hydrogens (primary N) is 1. The lowest BCUT2D eigenvalue weighted by Gasteiger charge is -2.30. The summed E-state index contributed by atoms with van der Waals surface area (Å²) in [5, 5.41) is 3.23. The molecule has 2 rings (SSSR count). The molecular weight excluding hydrogens is 270 g/mol. The Bertz CT molecular complexity index is 584. The smallest absolute Gasteiger partial charge is 0.330 e. The minimum atomic E-state index is -0.431. The summed E-state index contributed by atoms with van der Waals surface area (Å²) in [5.41, 5.74) is 5.52. The van der Waals surface area contributed by atoms with Crippen molar-refractivity contribution in [1.29, 1.82) is 0 Å². The number of unbranched alkanes of at least 4 members (excludes halogenated alkanes) is 1. The topological polar surface area (TPSA) is 96.2 Å². The average Bonchev–Trinajstić information content (AvgIpc) is 2.45. The molecule has 4 N–H and O–H groups in total. The highest BCUT2D eigenvalue weighted by Crippen LogP contribution is 2.17. The first-order valence-corrected chi connectivity index (χ1v) is 7.60. The van der Waals surface area contributed by atoms with E-state index in [4.69, 9.17) is 5.73 Å². The summed E-state index contributed by atoms with van der Waals surface area (Å²) in [4.78, 5) is 28.5. The molecule has 0 atom stereocenters. The van der Waals surface area contributed by atoms with E-state index in [0.717, 1.165) is 38.8 Å². The van der Waals surface area contributed by atoms with Gasteiger partial charge in [-0.05, 0) is 39.4 Å². The number of anilines is 2. The van der Waals surface area contributed by atoms with Crippen LogP contribution in [0.25, 0.3) is 0 Å². The lowest BCUT2D eigenvalue weighted by molar-refractivity contribution is 0.264. The molecule has 1 fully saturated rings. The van der Waals surface area contributed by atoms with Crippen LogP contribution < -0.4 is 22.3 Å². The Morgan fingerprint density at radius 1 is 1.33 bits per heavy atom.